The van der Waals surface area contributed by atoms with Crippen molar-refractivity contribution in [3.8, 4) is 0 Å². The maximum absolute atomic E-state index is 11.5. The Bertz CT molecular complexity index is 468. The number of rotatable bonds is 5. The molecule has 0 aromatic carbocycles. The summed E-state index contributed by atoms with van der Waals surface area (Å²) >= 11 is 0. The zero-order chi connectivity index (χ0) is 14.7. The van der Waals surface area contributed by atoms with Crippen molar-refractivity contribution in [1.29, 1.82) is 0 Å². The van der Waals surface area contributed by atoms with Crippen LogP contribution in [-0.4, -0.2) is 27.1 Å². The van der Waals surface area contributed by atoms with Crippen LogP contribution in [0.15, 0.2) is 0 Å². The topological polar surface area (TPSA) is 78.0 Å². The van der Waals surface area contributed by atoms with Crippen LogP contribution in [0.25, 0.3) is 0 Å². The Labute approximate surface area is 125 Å². The van der Waals surface area contributed by atoms with Crippen LogP contribution in [0.1, 0.15) is 62.2 Å². The molecule has 0 aliphatic heterocycles. The number of carbonyl (C=O) groups is 1. The molecule has 21 heavy (non-hydrogen) atoms. The van der Waals surface area contributed by atoms with Crippen molar-refractivity contribution >= 4 is 5.97 Å². The van der Waals surface area contributed by atoms with E-state index in [1.807, 2.05) is 0 Å². The smallest absolute Gasteiger partial charge is 0.320 e. The van der Waals surface area contributed by atoms with Gasteiger partial charge in [0.1, 0.15) is 11.9 Å². The molecule has 2 aliphatic carbocycles. The number of carboxylic acids is 1. The number of aliphatic carboxylic acids is 1. The average Bonchev–Trinajstić information content (AvgIpc) is 2.91. The highest BCUT2D eigenvalue weighted by Gasteiger charge is 2.29. The second-order valence-electron chi connectivity index (χ2n) is 6.41. The van der Waals surface area contributed by atoms with E-state index in [0.717, 1.165) is 44.3 Å². The van der Waals surface area contributed by atoms with E-state index in [4.69, 9.17) is 0 Å². The largest absolute Gasteiger partial charge is 0.480 e. The number of imidazole rings is 1. The number of aromatic nitrogens is 2. The van der Waals surface area contributed by atoms with Gasteiger partial charge in [-0.1, -0.05) is 19.3 Å². The van der Waals surface area contributed by atoms with E-state index in [9.17, 15) is 9.90 Å². The molecule has 0 spiro atoms. The highest BCUT2D eigenvalue weighted by molar-refractivity contribution is 5.73. The Morgan fingerprint density at radius 1 is 1.24 bits per heavy atom. The van der Waals surface area contributed by atoms with Gasteiger partial charge in [0.25, 0.3) is 0 Å². The summed E-state index contributed by atoms with van der Waals surface area (Å²) < 4.78 is 0. The summed E-state index contributed by atoms with van der Waals surface area (Å²) in [7, 11) is 0. The second kappa shape index (κ2) is 6.60. The molecule has 1 heterocycles. The fraction of sp³-hybridized carbons (Fsp3) is 0.750. The maximum Gasteiger partial charge on any atom is 0.320 e. The molecule has 1 fully saturated rings. The predicted octanol–water partition coefficient (Wildman–Crippen LogP) is 2.41. The van der Waals surface area contributed by atoms with Crippen molar-refractivity contribution in [3.63, 3.8) is 0 Å². The minimum atomic E-state index is -0.724. The lowest BCUT2D eigenvalue weighted by atomic mass is 9.84. The number of nitrogens with zero attached hydrogens (tertiary/aromatic N) is 1. The summed E-state index contributed by atoms with van der Waals surface area (Å²) in [6.45, 7) is 0.528. The van der Waals surface area contributed by atoms with Gasteiger partial charge in [-0.3, -0.25) is 10.1 Å². The van der Waals surface area contributed by atoms with Gasteiger partial charge in [0.2, 0.25) is 0 Å². The standard InChI is InChI=1S/C16H25N3O2/c20-16(21)15(11-6-2-1-3-7-11)17-10-14-18-12-8-4-5-9-13(12)19-14/h11,15,17H,1-10H2,(H,18,19)(H,20,21). The molecular weight excluding hydrogens is 266 g/mol. The number of nitrogens with one attached hydrogen (secondary N) is 2. The number of H-pyrrole nitrogens is 1. The lowest BCUT2D eigenvalue weighted by Gasteiger charge is -2.27. The molecule has 0 saturated heterocycles. The van der Waals surface area contributed by atoms with Gasteiger partial charge < -0.3 is 10.1 Å². The molecule has 3 rings (SSSR count). The van der Waals surface area contributed by atoms with Crippen LogP contribution in [0.3, 0.4) is 0 Å². The van der Waals surface area contributed by atoms with E-state index in [1.54, 1.807) is 0 Å². The Balaban J connectivity index is 1.61. The van der Waals surface area contributed by atoms with Crippen LogP contribution >= 0.6 is 0 Å². The van der Waals surface area contributed by atoms with E-state index in [-0.39, 0.29) is 5.92 Å². The summed E-state index contributed by atoms with van der Waals surface area (Å²) in [6, 6.07) is -0.438. The Morgan fingerprint density at radius 2 is 2.00 bits per heavy atom. The molecule has 1 atom stereocenters. The zero-order valence-electron chi connectivity index (χ0n) is 12.5. The number of aryl methyl sites for hydroxylation is 2. The van der Waals surface area contributed by atoms with Gasteiger partial charge >= 0.3 is 5.97 Å². The first-order chi connectivity index (χ1) is 10.2. The van der Waals surface area contributed by atoms with Gasteiger partial charge in [-0.15, -0.1) is 0 Å². The van der Waals surface area contributed by atoms with Crippen molar-refractivity contribution in [2.45, 2.75) is 70.4 Å². The van der Waals surface area contributed by atoms with Crippen molar-refractivity contribution in [2.24, 2.45) is 5.92 Å². The van der Waals surface area contributed by atoms with Crippen LogP contribution in [0, 0.1) is 5.92 Å². The molecule has 116 valence electrons. The molecule has 2 aliphatic rings. The van der Waals surface area contributed by atoms with Crippen molar-refractivity contribution in [3.05, 3.63) is 17.2 Å². The zero-order valence-corrected chi connectivity index (χ0v) is 12.5. The first-order valence-electron chi connectivity index (χ1n) is 8.27. The molecule has 5 nitrogen and oxygen atoms in total. The molecule has 1 aromatic rings. The minimum Gasteiger partial charge on any atom is -0.480 e. The van der Waals surface area contributed by atoms with E-state index in [0.29, 0.717) is 6.54 Å². The summed E-state index contributed by atoms with van der Waals surface area (Å²) in [5.41, 5.74) is 2.44. The van der Waals surface area contributed by atoms with Gasteiger partial charge in [-0.2, -0.15) is 0 Å². The van der Waals surface area contributed by atoms with Crippen LogP contribution in [0.4, 0.5) is 0 Å². The van der Waals surface area contributed by atoms with Crippen LogP contribution in [0.5, 0.6) is 0 Å². The molecule has 1 unspecified atom stereocenters. The molecule has 0 amide bonds. The third-order valence-corrected chi connectivity index (χ3v) is 4.88. The van der Waals surface area contributed by atoms with Crippen LogP contribution in [0.2, 0.25) is 0 Å². The van der Waals surface area contributed by atoms with E-state index >= 15 is 0 Å². The summed E-state index contributed by atoms with van der Waals surface area (Å²) in [6.07, 6.45) is 10.2. The second-order valence-corrected chi connectivity index (χ2v) is 6.41. The first-order valence-corrected chi connectivity index (χ1v) is 8.27. The number of fused-ring (bicyclic) bond motifs is 1. The SMILES string of the molecule is O=C(O)C(NCc1nc2c([nH]1)CCCC2)C1CCCCC1. The fourth-order valence-corrected chi connectivity index (χ4v) is 3.73. The van der Waals surface area contributed by atoms with Gasteiger partial charge in [0, 0.05) is 5.69 Å². The number of aromatic amines is 1. The first kappa shape index (κ1) is 14.6. The normalized spacial score (nSPS) is 21.0. The van der Waals surface area contributed by atoms with E-state index in [1.165, 1.54) is 30.7 Å². The molecule has 1 saturated carbocycles. The summed E-state index contributed by atoms with van der Waals surface area (Å²) in [5, 5.41) is 12.7. The van der Waals surface area contributed by atoms with Crippen molar-refractivity contribution in [2.75, 3.05) is 0 Å². The highest BCUT2D eigenvalue weighted by Crippen LogP contribution is 2.27. The van der Waals surface area contributed by atoms with Crippen LogP contribution in [-0.2, 0) is 24.2 Å². The third kappa shape index (κ3) is 3.46. The van der Waals surface area contributed by atoms with Gasteiger partial charge in [0.05, 0.1) is 12.2 Å². The molecular formula is C16H25N3O2. The molecule has 0 radical (unpaired) electrons. The average molecular weight is 291 g/mol. The quantitative estimate of drug-likeness (QED) is 0.778. The van der Waals surface area contributed by atoms with Crippen LogP contribution < -0.4 is 5.32 Å². The predicted molar refractivity (Wildman–Crippen MR) is 80.1 cm³/mol. The molecule has 1 aromatic heterocycles. The minimum absolute atomic E-state index is 0.265. The van der Waals surface area contributed by atoms with Gasteiger partial charge in [0.15, 0.2) is 0 Å². The van der Waals surface area contributed by atoms with Crippen molar-refractivity contribution in [1.82, 2.24) is 15.3 Å². The highest BCUT2D eigenvalue weighted by atomic mass is 16.4. The van der Waals surface area contributed by atoms with Gasteiger partial charge in [-0.05, 0) is 44.4 Å². The van der Waals surface area contributed by atoms with E-state index < -0.39 is 12.0 Å². The number of hydrogen-bond acceptors (Lipinski definition) is 3. The molecule has 5 heteroatoms. The number of hydrogen-bond donors (Lipinski definition) is 3. The fourth-order valence-electron chi connectivity index (χ4n) is 3.73. The van der Waals surface area contributed by atoms with E-state index in [2.05, 4.69) is 15.3 Å². The maximum atomic E-state index is 11.5. The number of carboxylic acid groups (broad SMARTS) is 1. The van der Waals surface area contributed by atoms with Crippen molar-refractivity contribution < 1.29 is 9.90 Å². The lowest BCUT2D eigenvalue weighted by molar-refractivity contribution is -0.141. The molecule has 3 N–H and O–H groups in total. The Morgan fingerprint density at radius 3 is 2.71 bits per heavy atom. The van der Waals surface area contributed by atoms with Gasteiger partial charge in [-0.25, -0.2) is 4.98 Å². The monoisotopic (exact) mass is 291 g/mol. The third-order valence-electron chi connectivity index (χ3n) is 4.88. The lowest BCUT2D eigenvalue weighted by Crippen LogP contribution is -2.43. The molecule has 0 bridgehead atoms. The summed E-state index contributed by atoms with van der Waals surface area (Å²) in [5.74, 6) is 0.433. The Hall–Kier alpha value is -1.36. The Kier molecular flexibility index (Phi) is 4.58. The summed E-state index contributed by atoms with van der Waals surface area (Å²) in [4.78, 5) is 19.5.